The Hall–Kier alpha value is -2.50. The lowest BCUT2D eigenvalue weighted by Gasteiger charge is -2.11. The molecule has 2 rings (SSSR count). The van der Waals surface area contributed by atoms with Crippen LogP contribution in [0.3, 0.4) is 0 Å². The Labute approximate surface area is 137 Å². The fourth-order valence-electron chi connectivity index (χ4n) is 2.16. The number of hydrogen-bond acceptors (Lipinski definition) is 3. The number of aryl methyl sites for hydroxylation is 1. The number of rotatable bonds is 7. The summed E-state index contributed by atoms with van der Waals surface area (Å²) in [5, 5.41) is 10.7. The third-order valence-corrected chi connectivity index (χ3v) is 3.33. The van der Waals surface area contributed by atoms with E-state index in [9.17, 15) is 0 Å². The molecule has 0 bridgehead atoms. The maximum absolute atomic E-state index is 5.52. The monoisotopic (exact) mass is 315 g/mol. The van der Waals surface area contributed by atoms with E-state index < -0.39 is 0 Å². The highest BCUT2D eigenvalue weighted by atomic mass is 16.5. The van der Waals surface area contributed by atoms with Crippen molar-refractivity contribution in [3.8, 4) is 5.75 Å². The molecule has 2 N–H and O–H groups in total. The van der Waals surface area contributed by atoms with Gasteiger partial charge in [-0.05, 0) is 37.6 Å². The second kappa shape index (κ2) is 8.82. The van der Waals surface area contributed by atoms with E-state index in [4.69, 9.17) is 4.74 Å². The zero-order valence-electron chi connectivity index (χ0n) is 14.0. The summed E-state index contributed by atoms with van der Waals surface area (Å²) in [5.41, 5.74) is 2.22. The van der Waals surface area contributed by atoms with Crippen LogP contribution < -0.4 is 15.4 Å². The third-order valence-electron chi connectivity index (χ3n) is 3.33. The molecule has 1 heterocycles. The number of nitrogens with one attached hydrogen (secondary N) is 2. The minimum absolute atomic E-state index is 0.599. The fourth-order valence-corrected chi connectivity index (χ4v) is 2.16. The highest BCUT2D eigenvalue weighted by molar-refractivity contribution is 5.79. The van der Waals surface area contributed by atoms with Crippen molar-refractivity contribution in [1.29, 1.82) is 0 Å². The summed E-state index contributed by atoms with van der Waals surface area (Å²) in [6.45, 7) is 6.80. The molecule has 124 valence electrons. The van der Waals surface area contributed by atoms with Gasteiger partial charge >= 0.3 is 0 Å². The van der Waals surface area contributed by atoms with Gasteiger partial charge in [-0.1, -0.05) is 12.1 Å². The van der Waals surface area contributed by atoms with Crippen LogP contribution in [0.2, 0.25) is 0 Å². The zero-order chi connectivity index (χ0) is 16.5. The van der Waals surface area contributed by atoms with E-state index in [0.717, 1.165) is 29.5 Å². The van der Waals surface area contributed by atoms with Crippen molar-refractivity contribution >= 4 is 5.96 Å². The quantitative estimate of drug-likeness (QED) is 0.606. The highest BCUT2D eigenvalue weighted by Gasteiger charge is 2.02. The largest absolute Gasteiger partial charge is 0.494 e. The molecule has 0 aliphatic rings. The van der Waals surface area contributed by atoms with Gasteiger partial charge in [0.05, 0.1) is 25.4 Å². The molecule has 0 aliphatic carbocycles. The molecule has 1 aromatic carbocycles. The first-order valence-electron chi connectivity index (χ1n) is 7.93. The Kier molecular flexibility index (Phi) is 6.47. The van der Waals surface area contributed by atoms with E-state index in [-0.39, 0.29) is 0 Å². The van der Waals surface area contributed by atoms with Gasteiger partial charge < -0.3 is 15.4 Å². The number of guanidine groups is 1. The molecule has 2 aromatic rings. The van der Waals surface area contributed by atoms with Crippen LogP contribution in [0.1, 0.15) is 25.1 Å². The zero-order valence-corrected chi connectivity index (χ0v) is 14.0. The van der Waals surface area contributed by atoms with Crippen LogP contribution in [0, 0.1) is 0 Å². The van der Waals surface area contributed by atoms with Crippen LogP contribution in [-0.4, -0.2) is 28.9 Å². The van der Waals surface area contributed by atoms with Crippen LogP contribution in [0.4, 0.5) is 0 Å². The summed E-state index contributed by atoms with van der Waals surface area (Å²) < 4.78 is 7.37. The molecule has 0 radical (unpaired) electrons. The first-order chi connectivity index (χ1) is 11.2. The van der Waals surface area contributed by atoms with Crippen molar-refractivity contribution in [3.63, 3.8) is 0 Å². The van der Waals surface area contributed by atoms with Crippen molar-refractivity contribution in [1.82, 2.24) is 20.4 Å². The summed E-state index contributed by atoms with van der Waals surface area (Å²) in [6, 6.07) is 10.0. The smallest absolute Gasteiger partial charge is 0.191 e. The third kappa shape index (κ3) is 5.32. The number of ether oxygens (including phenoxy) is 1. The van der Waals surface area contributed by atoms with Gasteiger partial charge in [0.2, 0.25) is 0 Å². The average Bonchev–Trinajstić information content (AvgIpc) is 2.96. The number of hydrogen-bond donors (Lipinski definition) is 2. The number of benzene rings is 1. The van der Waals surface area contributed by atoms with Crippen LogP contribution in [-0.2, 0) is 20.1 Å². The molecule has 6 heteroatoms. The van der Waals surface area contributed by atoms with Gasteiger partial charge in [-0.15, -0.1) is 0 Å². The molecule has 1 aromatic heterocycles. The maximum Gasteiger partial charge on any atom is 0.191 e. The predicted molar refractivity (Wildman–Crippen MR) is 92.5 cm³/mol. The van der Waals surface area contributed by atoms with E-state index in [1.807, 2.05) is 42.9 Å². The van der Waals surface area contributed by atoms with Gasteiger partial charge in [0.25, 0.3) is 0 Å². The lowest BCUT2D eigenvalue weighted by Crippen LogP contribution is -2.37. The molecule has 6 nitrogen and oxygen atoms in total. The molecular weight excluding hydrogens is 290 g/mol. The lowest BCUT2D eigenvalue weighted by molar-refractivity contribution is 0.340. The Morgan fingerprint density at radius 3 is 2.83 bits per heavy atom. The molecular formula is C17H25N5O. The molecule has 0 fully saturated rings. The van der Waals surface area contributed by atoms with Crippen molar-refractivity contribution < 1.29 is 4.74 Å². The van der Waals surface area contributed by atoms with Crippen molar-refractivity contribution in [2.24, 2.45) is 12.0 Å². The minimum atomic E-state index is 0.599. The summed E-state index contributed by atoms with van der Waals surface area (Å²) >= 11 is 0. The summed E-state index contributed by atoms with van der Waals surface area (Å²) in [6.07, 6.45) is 1.79. The topological polar surface area (TPSA) is 63.5 Å². The second-order valence-electron chi connectivity index (χ2n) is 5.08. The molecule has 0 amide bonds. The molecule has 0 aliphatic heterocycles. The van der Waals surface area contributed by atoms with E-state index in [0.29, 0.717) is 19.7 Å². The number of aliphatic imine (C=N–C) groups is 1. The lowest BCUT2D eigenvalue weighted by atomic mass is 10.2. The van der Waals surface area contributed by atoms with Gasteiger partial charge in [-0.3, -0.25) is 4.68 Å². The van der Waals surface area contributed by atoms with Gasteiger partial charge in [0.15, 0.2) is 5.96 Å². The Morgan fingerprint density at radius 1 is 1.26 bits per heavy atom. The normalized spacial score (nSPS) is 11.3. The maximum atomic E-state index is 5.52. The van der Waals surface area contributed by atoms with Crippen LogP contribution in [0.5, 0.6) is 5.75 Å². The Morgan fingerprint density at radius 2 is 2.13 bits per heavy atom. The first-order valence-corrected chi connectivity index (χ1v) is 7.93. The summed E-state index contributed by atoms with van der Waals surface area (Å²) in [5.74, 6) is 1.67. The Bertz CT molecular complexity index is 635. The fraction of sp³-hybridized carbons (Fsp3) is 0.412. The molecule has 0 unspecified atom stereocenters. The van der Waals surface area contributed by atoms with Crippen molar-refractivity contribution in [2.75, 3.05) is 13.2 Å². The van der Waals surface area contributed by atoms with Crippen molar-refractivity contribution in [3.05, 3.63) is 47.8 Å². The van der Waals surface area contributed by atoms with Crippen molar-refractivity contribution in [2.45, 2.75) is 26.9 Å². The molecule has 0 saturated heterocycles. The second-order valence-corrected chi connectivity index (χ2v) is 5.08. The summed E-state index contributed by atoms with van der Waals surface area (Å²) in [7, 11) is 1.93. The van der Waals surface area contributed by atoms with E-state index in [2.05, 4.69) is 33.7 Å². The highest BCUT2D eigenvalue weighted by Crippen LogP contribution is 2.13. The van der Waals surface area contributed by atoms with E-state index >= 15 is 0 Å². The van der Waals surface area contributed by atoms with E-state index in [1.165, 1.54) is 0 Å². The molecule has 0 spiro atoms. The average molecular weight is 315 g/mol. The van der Waals surface area contributed by atoms with Gasteiger partial charge in [-0.2, -0.15) is 5.10 Å². The van der Waals surface area contributed by atoms with Gasteiger partial charge in [-0.25, -0.2) is 4.99 Å². The standard InChI is InChI=1S/C17H25N5O/c1-4-18-17(20-13-15-9-10-21-22(15)3)19-12-14-7-6-8-16(11-14)23-5-2/h6-11H,4-5,12-13H2,1-3H3,(H2,18,19,20). The molecule has 0 atom stereocenters. The Balaban J connectivity index is 1.97. The first kappa shape index (κ1) is 16.9. The SMILES string of the molecule is CCNC(=NCc1cccc(OCC)c1)NCc1ccnn1C. The van der Waals surface area contributed by atoms with E-state index in [1.54, 1.807) is 6.20 Å². The van der Waals surface area contributed by atoms with Gasteiger partial charge in [0.1, 0.15) is 5.75 Å². The molecule has 0 saturated carbocycles. The minimum Gasteiger partial charge on any atom is -0.494 e. The summed E-state index contributed by atoms with van der Waals surface area (Å²) in [4.78, 5) is 4.62. The van der Waals surface area contributed by atoms with Crippen LogP contribution in [0.25, 0.3) is 0 Å². The van der Waals surface area contributed by atoms with Gasteiger partial charge in [0, 0.05) is 19.8 Å². The van der Waals surface area contributed by atoms with Crippen LogP contribution in [0.15, 0.2) is 41.5 Å². The van der Waals surface area contributed by atoms with Crippen LogP contribution >= 0.6 is 0 Å². The molecule has 23 heavy (non-hydrogen) atoms. The number of nitrogens with zero attached hydrogens (tertiary/aromatic N) is 3. The predicted octanol–water partition coefficient (Wildman–Crippen LogP) is 2.07. The number of aromatic nitrogens is 2.